The van der Waals surface area contributed by atoms with E-state index in [-0.39, 0.29) is 22.6 Å². The van der Waals surface area contributed by atoms with E-state index in [4.69, 9.17) is 0 Å². The first-order valence-electron chi connectivity index (χ1n) is 10.9. The van der Waals surface area contributed by atoms with E-state index < -0.39 is 21.7 Å². The molecule has 0 saturated heterocycles. The molecule has 2 N–H and O–H groups in total. The Morgan fingerprint density at radius 2 is 1.81 bits per heavy atom. The standard InChI is InChI=1S/C25H19F2N5O3S/c1-2-36(34,35)31-19-7-16(21-5-4-18(26)10-22(21)27)8-20(11-19)32-14-30-23-9-17(13-29-25(23)32)15-3-6-24(33)28-12-15/h3-14,31H,2H2,1H3,(H,28,33). The van der Waals surface area contributed by atoms with Crippen LogP contribution in [0.3, 0.4) is 0 Å². The number of H-pyrrole nitrogens is 1. The van der Waals surface area contributed by atoms with Crippen molar-refractivity contribution in [2.75, 3.05) is 10.5 Å². The highest BCUT2D eigenvalue weighted by Gasteiger charge is 2.15. The molecule has 0 aliphatic heterocycles. The lowest BCUT2D eigenvalue weighted by Gasteiger charge is -2.13. The second-order valence-electron chi connectivity index (χ2n) is 8.02. The molecule has 3 aromatic heterocycles. The van der Waals surface area contributed by atoms with Gasteiger partial charge >= 0.3 is 0 Å². The second-order valence-corrected chi connectivity index (χ2v) is 10.0. The summed E-state index contributed by atoms with van der Waals surface area (Å²) in [5, 5.41) is 0. The van der Waals surface area contributed by atoms with Gasteiger partial charge in [-0.3, -0.25) is 14.1 Å². The molecule has 0 spiro atoms. The molecule has 0 radical (unpaired) electrons. The summed E-state index contributed by atoms with van der Waals surface area (Å²) in [6.07, 6.45) is 4.72. The normalized spacial score (nSPS) is 11.6. The predicted molar refractivity (Wildman–Crippen MR) is 133 cm³/mol. The van der Waals surface area contributed by atoms with Crippen LogP contribution in [0.15, 0.2) is 78.1 Å². The highest BCUT2D eigenvalue weighted by molar-refractivity contribution is 7.92. The van der Waals surface area contributed by atoms with Crippen LogP contribution in [0, 0.1) is 11.6 Å². The Hall–Kier alpha value is -4.38. The van der Waals surface area contributed by atoms with E-state index in [1.807, 2.05) is 0 Å². The zero-order chi connectivity index (χ0) is 25.4. The van der Waals surface area contributed by atoms with Gasteiger partial charge in [-0.1, -0.05) is 0 Å². The monoisotopic (exact) mass is 507 g/mol. The summed E-state index contributed by atoms with van der Waals surface area (Å²) >= 11 is 0. The molecule has 11 heteroatoms. The smallest absolute Gasteiger partial charge is 0.247 e. The summed E-state index contributed by atoms with van der Waals surface area (Å²) in [6.45, 7) is 1.50. The van der Waals surface area contributed by atoms with E-state index in [1.54, 1.807) is 41.2 Å². The average Bonchev–Trinajstić information content (AvgIpc) is 3.27. The molecule has 0 bridgehead atoms. The molecule has 0 atom stereocenters. The highest BCUT2D eigenvalue weighted by Crippen LogP contribution is 2.31. The number of nitrogens with one attached hydrogen (secondary N) is 2. The van der Waals surface area contributed by atoms with Gasteiger partial charge in [-0.15, -0.1) is 0 Å². The summed E-state index contributed by atoms with van der Waals surface area (Å²) < 4.78 is 56.7. The summed E-state index contributed by atoms with van der Waals surface area (Å²) in [6, 6.07) is 12.8. The van der Waals surface area contributed by atoms with E-state index >= 15 is 0 Å². The fourth-order valence-electron chi connectivity index (χ4n) is 3.78. The lowest BCUT2D eigenvalue weighted by molar-refractivity contribution is 0.585. The minimum atomic E-state index is -3.63. The number of halogens is 2. The van der Waals surface area contributed by atoms with Gasteiger partial charge in [0.25, 0.3) is 0 Å². The van der Waals surface area contributed by atoms with Crippen molar-refractivity contribution in [1.29, 1.82) is 0 Å². The Balaban J connectivity index is 1.64. The fraction of sp³-hybridized carbons (Fsp3) is 0.0800. The van der Waals surface area contributed by atoms with Gasteiger partial charge in [-0.05, 0) is 60.5 Å². The van der Waals surface area contributed by atoms with Gasteiger partial charge in [0.2, 0.25) is 15.6 Å². The minimum absolute atomic E-state index is 0.105. The summed E-state index contributed by atoms with van der Waals surface area (Å²) in [7, 11) is -3.63. The average molecular weight is 508 g/mol. The number of hydrogen-bond acceptors (Lipinski definition) is 5. The highest BCUT2D eigenvalue weighted by atomic mass is 32.2. The number of pyridine rings is 2. The van der Waals surface area contributed by atoms with E-state index in [2.05, 4.69) is 19.7 Å². The molecule has 0 unspecified atom stereocenters. The third kappa shape index (κ3) is 4.60. The van der Waals surface area contributed by atoms with Crippen molar-refractivity contribution < 1.29 is 17.2 Å². The SMILES string of the molecule is CCS(=O)(=O)Nc1cc(-c2ccc(F)cc2F)cc(-n2cnc3cc(-c4ccc(=O)[nH]c4)cnc32)c1. The van der Waals surface area contributed by atoms with Crippen LogP contribution in [-0.4, -0.2) is 33.7 Å². The molecule has 0 saturated carbocycles. The zero-order valence-electron chi connectivity index (χ0n) is 18.9. The molecule has 8 nitrogen and oxygen atoms in total. The number of fused-ring (bicyclic) bond motifs is 1. The Morgan fingerprint density at radius 3 is 2.53 bits per heavy atom. The third-order valence-electron chi connectivity index (χ3n) is 5.60. The lowest BCUT2D eigenvalue weighted by atomic mass is 10.0. The van der Waals surface area contributed by atoms with E-state index in [0.717, 1.165) is 23.3 Å². The first kappa shape index (κ1) is 23.4. The number of anilines is 1. The number of imidazole rings is 1. The number of sulfonamides is 1. The zero-order valence-corrected chi connectivity index (χ0v) is 19.7. The van der Waals surface area contributed by atoms with Crippen molar-refractivity contribution in [3.63, 3.8) is 0 Å². The molecule has 5 rings (SSSR count). The first-order valence-corrected chi connectivity index (χ1v) is 12.5. The maximum Gasteiger partial charge on any atom is 0.247 e. The number of aromatic amines is 1. The molecule has 0 aliphatic rings. The van der Waals surface area contributed by atoms with Gasteiger partial charge in [0.1, 0.15) is 23.5 Å². The lowest BCUT2D eigenvalue weighted by Crippen LogP contribution is -2.15. The van der Waals surface area contributed by atoms with Crippen LogP contribution in [0.2, 0.25) is 0 Å². The van der Waals surface area contributed by atoms with Gasteiger partial charge < -0.3 is 4.98 Å². The molecule has 0 fully saturated rings. The number of nitrogens with zero attached hydrogens (tertiary/aromatic N) is 3. The number of benzene rings is 2. The molecule has 5 aromatic rings. The number of rotatable bonds is 6. The Labute approximate surface area is 204 Å². The van der Waals surface area contributed by atoms with Crippen molar-refractivity contribution in [3.8, 4) is 27.9 Å². The van der Waals surface area contributed by atoms with Gasteiger partial charge in [-0.2, -0.15) is 0 Å². The van der Waals surface area contributed by atoms with E-state index in [1.165, 1.54) is 31.5 Å². The molecule has 3 heterocycles. The Morgan fingerprint density at radius 1 is 0.972 bits per heavy atom. The number of aromatic nitrogens is 4. The van der Waals surface area contributed by atoms with Crippen molar-refractivity contribution >= 4 is 26.9 Å². The molecule has 182 valence electrons. The quantitative estimate of drug-likeness (QED) is 0.352. The van der Waals surface area contributed by atoms with Crippen molar-refractivity contribution in [2.45, 2.75) is 6.92 Å². The van der Waals surface area contributed by atoms with Crippen LogP contribution in [0.5, 0.6) is 0 Å². The second kappa shape index (κ2) is 9.00. The van der Waals surface area contributed by atoms with Gasteiger partial charge in [0, 0.05) is 35.7 Å². The molecule has 0 aliphatic carbocycles. The van der Waals surface area contributed by atoms with E-state index in [0.29, 0.717) is 22.4 Å². The van der Waals surface area contributed by atoms with Crippen LogP contribution in [0.4, 0.5) is 14.5 Å². The van der Waals surface area contributed by atoms with Crippen LogP contribution in [0.1, 0.15) is 6.92 Å². The Kier molecular flexibility index (Phi) is 5.84. The fourth-order valence-corrected chi connectivity index (χ4v) is 4.40. The Bertz CT molecular complexity index is 1760. The molecule has 36 heavy (non-hydrogen) atoms. The molecular weight excluding hydrogens is 488 g/mol. The molecule has 2 aromatic carbocycles. The third-order valence-corrected chi connectivity index (χ3v) is 6.90. The van der Waals surface area contributed by atoms with Crippen LogP contribution >= 0.6 is 0 Å². The maximum absolute atomic E-state index is 14.6. The van der Waals surface area contributed by atoms with E-state index in [9.17, 15) is 22.0 Å². The summed E-state index contributed by atoms with van der Waals surface area (Å²) in [4.78, 5) is 22.9. The topological polar surface area (TPSA) is 110 Å². The predicted octanol–water partition coefficient (Wildman–Crippen LogP) is 4.48. The maximum atomic E-state index is 14.6. The van der Waals surface area contributed by atoms with Gasteiger partial charge in [0.05, 0.1) is 17.1 Å². The number of hydrogen-bond donors (Lipinski definition) is 2. The molecular formula is C25H19F2N5O3S. The van der Waals surface area contributed by atoms with Gasteiger partial charge in [0.15, 0.2) is 5.65 Å². The van der Waals surface area contributed by atoms with Crippen molar-refractivity contribution in [2.24, 2.45) is 0 Å². The van der Waals surface area contributed by atoms with Crippen LogP contribution in [-0.2, 0) is 10.0 Å². The summed E-state index contributed by atoms with van der Waals surface area (Å²) in [5.74, 6) is -1.65. The van der Waals surface area contributed by atoms with Crippen molar-refractivity contribution in [1.82, 2.24) is 19.5 Å². The summed E-state index contributed by atoms with van der Waals surface area (Å²) in [5.41, 5.74) is 3.42. The first-order chi connectivity index (χ1) is 17.2. The largest absolute Gasteiger partial charge is 0.328 e. The molecule has 0 amide bonds. The van der Waals surface area contributed by atoms with Gasteiger partial charge in [-0.25, -0.2) is 27.2 Å². The van der Waals surface area contributed by atoms with Crippen LogP contribution < -0.4 is 10.3 Å². The van der Waals surface area contributed by atoms with Crippen molar-refractivity contribution in [3.05, 3.63) is 95.3 Å². The van der Waals surface area contributed by atoms with Crippen LogP contribution in [0.25, 0.3) is 39.1 Å². The minimum Gasteiger partial charge on any atom is -0.328 e.